The zero-order chi connectivity index (χ0) is 9.14. The minimum Gasteiger partial charge on any atom is -0.311 e. The third-order valence-corrected chi connectivity index (χ3v) is 3.19. The van der Waals surface area contributed by atoms with Gasteiger partial charge in [0, 0.05) is 12.1 Å². The van der Waals surface area contributed by atoms with Crippen LogP contribution in [0.1, 0.15) is 47.0 Å². The van der Waals surface area contributed by atoms with Crippen LogP contribution in [-0.4, -0.2) is 12.1 Å². The van der Waals surface area contributed by atoms with Gasteiger partial charge in [-0.25, -0.2) is 0 Å². The van der Waals surface area contributed by atoms with Crippen molar-refractivity contribution < 1.29 is 0 Å². The Morgan fingerprint density at radius 3 is 2.25 bits per heavy atom. The van der Waals surface area contributed by atoms with Crippen molar-refractivity contribution in [2.45, 2.75) is 59.0 Å². The van der Waals surface area contributed by atoms with Gasteiger partial charge < -0.3 is 5.32 Å². The van der Waals surface area contributed by atoms with Gasteiger partial charge in [0.05, 0.1) is 0 Å². The van der Waals surface area contributed by atoms with Gasteiger partial charge in [0.15, 0.2) is 0 Å². The van der Waals surface area contributed by atoms with Crippen LogP contribution in [0.2, 0.25) is 0 Å². The highest BCUT2D eigenvalue weighted by molar-refractivity contribution is 4.81. The molecule has 0 unspecified atom stereocenters. The molecule has 0 aromatic carbocycles. The molecule has 0 aromatic heterocycles. The smallest absolute Gasteiger partial charge is 0.00722 e. The maximum Gasteiger partial charge on any atom is 0.00722 e. The predicted octanol–water partition coefficient (Wildman–Crippen LogP) is 2.81. The Balaban J connectivity index is 2.23. The fraction of sp³-hybridized carbons (Fsp3) is 1.00. The van der Waals surface area contributed by atoms with Crippen LogP contribution in [-0.2, 0) is 0 Å². The van der Waals surface area contributed by atoms with E-state index >= 15 is 0 Å². The lowest BCUT2D eigenvalue weighted by molar-refractivity contribution is 0.369. The first-order valence-corrected chi connectivity index (χ1v) is 5.35. The fourth-order valence-corrected chi connectivity index (χ4v) is 1.92. The quantitative estimate of drug-likeness (QED) is 0.685. The van der Waals surface area contributed by atoms with Crippen LogP contribution >= 0.6 is 0 Å². The topological polar surface area (TPSA) is 12.0 Å². The van der Waals surface area contributed by atoms with E-state index in [2.05, 4.69) is 33.0 Å². The Hall–Kier alpha value is -0.0400. The van der Waals surface area contributed by atoms with E-state index in [4.69, 9.17) is 0 Å². The van der Waals surface area contributed by atoms with E-state index in [0.29, 0.717) is 6.04 Å². The largest absolute Gasteiger partial charge is 0.311 e. The molecular formula is C11H23N. The number of nitrogens with one attached hydrogen (secondary N) is 1. The van der Waals surface area contributed by atoms with E-state index in [0.717, 1.165) is 17.9 Å². The Labute approximate surface area is 76.9 Å². The Kier molecular flexibility index (Phi) is 3.57. The summed E-state index contributed by atoms with van der Waals surface area (Å²) in [7, 11) is 0. The van der Waals surface area contributed by atoms with Gasteiger partial charge >= 0.3 is 0 Å². The molecule has 0 bridgehead atoms. The van der Waals surface area contributed by atoms with Crippen LogP contribution in [0.4, 0.5) is 0 Å². The van der Waals surface area contributed by atoms with Crippen LogP contribution < -0.4 is 5.32 Å². The molecular weight excluding hydrogens is 146 g/mol. The highest BCUT2D eigenvalue weighted by Crippen LogP contribution is 2.25. The van der Waals surface area contributed by atoms with Crippen LogP contribution in [0.25, 0.3) is 0 Å². The third kappa shape index (κ3) is 2.78. The first-order chi connectivity index (χ1) is 5.59. The molecule has 0 aromatic rings. The van der Waals surface area contributed by atoms with E-state index in [-0.39, 0.29) is 0 Å². The molecule has 1 aliphatic rings. The van der Waals surface area contributed by atoms with Gasteiger partial charge in [-0.3, -0.25) is 0 Å². The molecule has 0 spiro atoms. The van der Waals surface area contributed by atoms with Gasteiger partial charge in [-0.05, 0) is 38.0 Å². The van der Waals surface area contributed by atoms with Gasteiger partial charge in [0.2, 0.25) is 0 Å². The normalized spacial score (nSPS) is 32.8. The molecule has 3 atom stereocenters. The lowest BCUT2D eigenvalue weighted by Gasteiger charge is -2.22. The molecule has 72 valence electrons. The monoisotopic (exact) mass is 169 g/mol. The van der Waals surface area contributed by atoms with Crippen molar-refractivity contribution in [1.82, 2.24) is 5.32 Å². The number of hydrogen-bond donors (Lipinski definition) is 1. The van der Waals surface area contributed by atoms with Gasteiger partial charge in [-0.1, -0.05) is 20.8 Å². The summed E-state index contributed by atoms with van der Waals surface area (Å²) in [6.07, 6.45) is 4.19. The Bertz CT molecular complexity index is 131. The lowest BCUT2D eigenvalue weighted by atomic mass is 10.0. The molecule has 0 amide bonds. The molecule has 1 rings (SSSR count). The molecule has 0 aliphatic heterocycles. The van der Waals surface area contributed by atoms with Crippen LogP contribution in [0, 0.1) is 11.8 Å². The van der Waals surface area contributed by atoms with Gasteiger partial charge in [-0.15, -0.1) is 0 Å². The van der Waals surface area contributed by atoms with Crippen molar-refractivity contribution in [3.05, 3.63) is 0 Å². The molecule has 1 aliphatic carbocycles. The summed E-state index contributed by atoms with van der Waals surface area (Å²) < 4.78 is 0. The van der Waals surface area contributed by atoms with E-state index < -0.39 is 0 Å². The van der Waals surface area contributed by atoms with Crippen molar-refractivity contribution >= 4 is 0 Å². The second-order valence-electron chi connectivity index (χ2n) is 4.81. The first kappa shape index (κ1) is 10.0. The molecule has 1 heteroatoms. The molecule has 0 heterocycles. The molecule has 12 heavy (non-hydrogen) atoms. The van der Waals surface area contributed by atoms with Crippen molar-refractivity contribution in [3.63, 3.8) is 0 Å². The third-order valence-electron chi connectivity index (χ3n) is 3.19. The highest BCUT2D eigenvalue weighted by atomic mass is 15.0. The maximum atomic E-state index is 3.71. The molecule has 0 saturated heterocycles. The van der Waals surface area contributed by atoms with Gasteiger partial charge in [0.25, 0.3) is 0 Å². The minimum absolute atomic E-state index is 0.681. The molecule has 0 radical (unpaired) electrons. The SMILES string of the molecule is CC(C)[C@H](C)N[C@H]1CC[C@@H](C)C1. The lowest BCUT2D eigenvalue weighted by Crippen LogP contribution is -2.38. The summed E-state index contributed by atoms with van der Waals surface area (Å²) in [5.74, 6) is 1.71. The average molecular weight is 169 g/mol. The zero-order valence-electron chi connectivity index (χ0n) is 8.93. The molecule has 1 fully saturated rings. The number of hydrogen-bond acceptors (Lipinski definition) is 1. The molecule has 1 N–H and O–H groups in total. The van der Waals surface area contributed by atoms with Crippen molar-refractivity contribution in [2.24, 2.45) is 11.8 Å². The highest BCUT2D eigenvalue weighted by Gasteiger charge is 2.22. The first-order valence-electron chi connectivity index (χ1n) is 5.35. The summed E-state index contributed by atoms with van der Waals surface area (Å²) in [5, 5.41) is 3.71. The predicted molar refractivity (Wildman–Crippen MR) is 54.2 cm³/mol. The van der Waals surface area contributed by atoms with Gasteiger partial charge in [0.1, 0.15) is 0 Å². The summed E-state index contributed by atoms with van der Waals surface area (Å²) >= 11 is 0. The fourth-order valence-electron chi connectivity index (χ4n) is 1.92. The van der Waals surface area contributed by atoms with E-state index in [1.807, 2.05) is 0 Å². The standard InChI is InChI=1S/C11H23N/c1-8(2)10(4)12-11-6-5-9(3)7-11/h8-12H,5-7H2,1-4H3/t9-,10+,11+/m1/s1. The van der Waals surface area contributed by atoms with Crippen LogP contribution in [0.15, 0.2) is 0 Å². The summed E-state index contributed by atoms with van der Waals surface area (Å²) in [4.78, 5) is 0. The summed E-state index contributed by atoms with van der Waals surface area (Å²) in [6, 6.07) is 1.48. The van der Waals surface area contributed by atoms with Crippen LogP contribution in [0.3, 0.4) is 0 Å². The Morgan fingerprint density at radius 1 is 1.17 bits per heavy atom. The van der Waals surface area contributed by atoms with Crippen molar-refractivity contribution in [3.8, 4) is 0 Å². The van der Waals surface area contributed by atoms with Crippen molar-refractivity contribution in [2.75, 3.05) is 0 Å². The second kappa shape index (κ2) is 4.27. The van der Waals surface area contributed by atoms with Gasteiger partial charge in [-0.2, -0.15) is 0 Å². The average Bonchev–Trinajstić information content (AvgIpc) is 2.35. The second-order valence-corrected chi connectivity index (χ2v) is 4.81. The summed E-state index contributed by atoms with van der Waals surface area (Å²) in [6.45, 7) is 9.24. The summed E-state index contributed by atoms with van der Waals surface area (Å²) in [5.41, 5.74) is 0. The van der Waals surface area contributed by atoms with Crippen LogP contribution in [0.5, 0.6) is 0 Å². The van der Waals surface area contributed by atoms with E-state index in [9.17, 15) is 0 Å². The molecule has 1 saturated carbocycles. The van der Waals surface area contributed by atoms with Crippen molar-refractivity contribution in [1.29, 1.82) is 0 Å². The van der Waals surface area contributed by atoms with E-state index in [1.54, 1.807) is 0 Å². The Morgan fingerprint density at radius 2 is 1.83 bits per heavy atom. The minimum atomic E-state index is 0.681. The maximum absolute atomic E-state index is 3.71. The van der Waals surface area contributed by atoms with E-state index in [1.165, 1.54) is 19.3 Å². The number of rotatable bonds is 3. The zero-order valence-corrected chi connectivity index (χ0v) is 8.93. The molecule has 1 nitrogen and oxygen atoms in total.